The van der Waals surface area contributed by atoms with Crippen molar-refractivity contribution in [1.29, 1.82) is 0 Å². The molecule has 112 valence electrons. The summed E-state index contributed by atoms with van der Waals surface area (Å²) in [5, 5.41) is 7.81. The van der Waals surface area contributed by atoms with E-state index >= 15 is 0 Å². The Morgan fingerprint density at radius 3 is 2.67 bits per heavy atom. The molecule has 1 heterocycles. The van der Waals surface area contributed by atoms with E-state index in [0.29, 0.717) is 5.56 Å². The van der Waals surface area contributed by atoms with Gasteiger partial charge in [-0.2, -0.15) is 0 Å². The highest BCUT2D eigenvalue weighted by atomic mass is 79.9. The fourth-order valence-electron chi connectivity index (χ4n) is 1.72. The number of amides is 1. The van der Waals surface area contributed by atoms with Gasteiger partial charge in [-0.15, -0.1) is 11.3 Å². The lowest BCUT2D eigenvalue weighted by Gasteiger charge is -2.08. The summed E-state index contributed by atoms with van der Waals surface area (Å²) in [6.07, 6.45) is 0. The first-order valence-electron chi connectivity index (χ1n) is 5.94. The Morgan fingerprint density at radius 2 is 2.05 bits per heavy atom. The number of nitrogens with two attached hydrogens (primary N) is 1. The van der Waals surface area contributed by atoms with Crippen LogP contribution in [0.25, 0.3) is 0 Å². The van der Waals surface area contributed by atoms with Gasteiger partial charge in [0.1, 0.15) is 4.21 Å². The molecule has 2 aromatic rings. The second-order valence-corrected chi connectivity index (χ2v) is 8.17. The third-order valence-corrected chi connectivity index (χ3v) is 6.24. The lowest BCUT2D eigenvalue weighted by Crippen LogP contribution is -2.23. The number of thiophene rings is 1. The maximum atomic E-state index is 12.1. The van der Waals surface area contributed by atoms with Crippen LogP contribution in [0, 0.1) is 6.92 Å². The fraction of sp³-hybridized carbons (Fsp3) is 0.154. The van der Waals surface area contributed by atoms with Gasteiger partial charge in [0.2, 0.25) is 10.0 Å². The molecule has 0 bridgehead atoms. The minimum atomic E-state index is -3.69. The Morgan fingerprint density at radius 1 is 1.33 bits per heavy atom. The summed E-state index contributed by atoms with van der Waals surface area (Å²) >= 11 is 4.42. The molecule has 0 spiro atoms. The van der Waals surface area contributed by atoms with E-state index < -0.39 is 10.0 Å². The summed E-state index contributed by atoms with van der Waals surface area (Å²) in [5.41, 5.74) is 1.43. The molecule has 0 atom stereocenters. The molecular weight excluding hydrogens is 376 g/mol. The summed E-state index contributed by atoms with van der Waals surface area (Å²) < 4.78 is 23.3. The van der Waals surface area contributed by atoms with E-state index in [1.54, 1.807) is 18.2 Å². The molecule has 2 rings (SSSR count). The molecule has 0 saturated heterocycles. The molecule has 0 fully saturated rings. The highest BCUT2D eigenvalue weighted by Crippen LogP contribution is 2.21. The normalized spacial score (nSPS) is 11.4. The van der Waals surface area contributed by atoms with Crippen LogP contribution < -0.4 is 10.5 Å². The molecule has 0 saturated carbocycles. The van der Waals surface area contributed by atoms with E-state index in [-0.39, 0.29) is 16.7 Å². The lowest BCUT2D eigenvalue weighted by molar-refractivity contribution is 0.0950. The predicted octanol–water partition coefficient (Wildman–Crippen LogP) is 2.40. The van der Waals surface area contributed by atoms with Gasteiger partial charge >= 0.3 is 0 Å². The molecule has 3 N–H and O–H groups in total. The Hall–Kier alpha value is -1.22. The molecule has 5 nitrogen and oxygen atoms in total. The first kappa shape index (κ1) is 16.2. The lowest BCUT2D eigenvalue weighted by atomic mass is 10.1. The third-order valence-electron chi connectivity index (χ3n) is 2.85. The molecule has 0 aliphatic heterocycles. The minimum Gasteiger partial charge on any atom is -0.347 e. The van der Waals surface area contributed by atoms with Crippen molar-refractivity contribution in [3.8, 4) is 0 Å². The first-order valence-corrected chi connectivity index (χ1v) is 9.09. The zero-order valence-corrected chi connectivity index (χ0v) is 14.3. The largest absolute Gasteiger partial charge is 0.347 e. The highest BCUT2D eigenvalue weighted by Gasteiger charge is 2.13. The molecule has 1 amide bonds. The number of hydrogen-bond acceptors (Lipinski definition) is 4. The Labute approximate surface area is 135 Å². The van der Waals surface area contributed by atoms with Gasteiger partial charge in [0, 0.05) is 14.9 Å². The molecular formula is C13H13BrN2O3S2. The smallest absolute Gasteiger partial charge is 0.251 e. The van der Waals surface area contributed by atoms with Gasteiger partial charge in [-0.25, -0.2) is 13.6 Å². The second kappa shape index (κ2) is 6.27. The summed E-state index contributed by atoms with van der Waals surface area (Å²) in [5.74, 6) is -0.209. The molecule has 21 heavy (non-hydrogen) atoms. The molecule has 0 aliphatic rings. The van der Waals surface area contributed by atoms with Crippen LogP contribution in [0.5, 0.6) is 0 Å². The Bertz CT molecular complexity index is 784. The number of nitrogens with one attached hydrogen (secondary N) is 1. The van der Waals surface area contributed by atoms with E-state index in [9.17, 15) is 13.2 Å². The van der Waals surface area contributed by atoms with E-state index in [2.05, 4.69) is 21.2 Å². The van der Waals surface area contributed by atoms with Crippen LogP contribution in [0.2, 0.25) is 0 Å². The maximum Gasteiger partial charge on any atom is 0.251 e. The summed E-state index contributed by atoms with van der Waals surface area (Å²) in [6.45, 7) is 2.11. The summed E-state index contributed by atoms with van der Waals surface area (Å²) in [4.78, 5) is 12.8. The number of hydrogen-bond donors (Lipinski definition) is 2. The fourth-order valence-corrected chi connectivity index (χ4v) is 3.81. The van der Waals surface area contributed by atoms with Crippen molar-refractivity contribution in [1.82, 2.24) is 5.32 Å². The van der Waals surface area contributed by atoms with Gasteiger partial charge in [0.05, 0.1) is 6.54 Å². The van der Waals surface area contributed by atoms with Crippen molar-refractivity contribution in [2.75, 3.05) is 0 Å². The monoisotopic (exact) mass is 388 g/mol. The topological polar surface area (TPSA) is 89.3 Å². The van der Waals surface area contributed by atoms with Crippen molar-refractivity contribution < 1.29 is 13.2 Å². The average Bonchev–Trinajstić information content (AvgIpc) is 2.88. The van der Waals surface area contributed by atoms with E-state index in [1.807, 2.05) is 13.0 Å². The number of carbonyl (C=O) groups excluding carboxylic acids is 1. The zero-order chi connectivity index (χ0) is 15.6. The number of primary sulfonamides is 1. The number of carbonyl (C=O) groups is 1. The molecule has 0 radical (unpaired) electrons. The van der Waals surface area contributed by atoms with Crippen LogP contribution in [-0.2, 0) is 16.6 Å². The van der Waals surface area contributed by atoms with Crippen LogP contribution in [0.4, 0.5) is 0 Å². The van der Waals surface area contributed by atoms with E-state index in [1.165, 1.54) is 6.07 Å². The van der Waals surface area contributed by atoms with Gasteiger partial charge in [0.25, 0.3) is 5.91 Å². The zero-order valence-electron chi connectivity index (χ0n) is 11.1. The first-order chi connectivity index (χ1) is 9.79. The second-order valence-electron chi connectivity index (χ2n) is 4.36. The molecule has 0 unspecified atom stereocenters. The predicted molar refractivity (Wildman–Crippen MR) is 85.7 cm³/mol. The van der Waals surface area contributed by atoms with E-state index in [0.717, 1.165) is 26.3 Å². The van der Waals surface area contributed by atoms with Gasteiger partial charge in [-0.05, 0) is 36.8 Å². The average molecular weight is 389 g/mol. The molecule has 1 aromatic heterocycles. The number of rotatable bonds is 4. The van der Waals surface area contributed by atoms with Gasteiger partial charge in [-0.3, -0.25) is 4.79 Å². The number of halogens is 1. The molecule has 1 aromatic carbocycles. The van der Waals surface area contributed by atoms with Gasteiger partial charge < -0.3 is 5.32 Å². The van der Waals surface area contributed by atoms with Crippen LogP contribution in [0.1, 0.15) is 20.8 Å². The van der Waals surface area contributed by atoms with Gasteiger partial charge in [-0.1, -0.05) is 22.0 Å². The van der Waals surface area contributed by atoms with Crippen molar-refractivity contribution in [2.24, 2.45) is 5.14 Å². The van der Waals surface area contributed by atoms with Crippen molar-refractivity contribution in [2.45, 2.75) is 17.7 Å². The Balaban J connectivity index is 2.08. The van der Waals surface area contributed by atoms with Crippen LogP contribution >= 0.6 is 27.3 Å². The highest BCUT2D eigenvalue weighted by molar-refractivity contribution is 9.10. The standard InChI is InChI=1S/C13H13BrN2O3S2/c1-8-10(3-2-4-11(8)14)13(17)16-7-9-5-6-12(20-9)21(15,18)19/h2-6H,7H2,1H3,(H,16,17)(H2,15,18,19). The van der Waals surface area contributed by atoms with Crippen LogP contribution in [0.3, 0.4) is 0 Å². The minimum absolute atomic E-state index is 0.0883. The van der Waals surface area contributed by atoms with Crippen LogP contribution in [-0.4, -0.2) is 14.3 Å². The summed E-state index contributed by atoms with van der Waals surface area (Å²) in [6, 6.07) is 8.46. The summed E-state index contributed by atoms with van der Waals surface area (Å²) in [7, 11) is -3.69. The van der Waals surface area contributed by atoms with Crippen molar-refractivity contribution in [3.05, 3.63) is 50.8 Å². The quantitative estimate of drug-likeness (QED) is 0.842. The number of sulfonamides is 1. The maximum absolute atomic E-state index is 12.1. The Kier molecular flexibility index (Phi) is 4.82. The SMILES string of the molecule is Cc1c(Br)cccc1C(=O)NCc1ccc(S(N)(=O)=O)s1. The number of benzene rings is 1. The van der Waals surface area contributed by atoms with Crippen LogP contribution in [0.15, 0.2) is 39.0 Å². The van der Waals surface area contributed by atoms with Crippen molar-refractivity contribution >= 4 is 43.2 Å². The van der Waals surface area contributed by atoms with E-state index in [4.69, 9.17) is 5.14 Å². The molecule has 8 heteroatoms. The van der Waals surface area contributed by atoms with Gasteiger partial charge in [0.15, 0.2) is 0 Å². The molecule has 0 aliphatic carbocycles. The third kappa shape index (κ3) is 3.91. The van der Waals surface area contributed by atoms with Crippen molar-refractivity contribution in [3.63, 3.8) is 0 Å².